The number of hydrogen-bond acceptors (Lipinski definition) is 3. The van der Waals surface area contributed by atoms with Gasteiger partial charge in [-0.15, -0.1) is 0 Å². The molecule has 5 nitrogen and oxygen atoms in total. The number of rotatable bonds is 5. The Hall–Kier alpha value is -3.15. The Morgan fingerprint density at radius 3 is 1.93 bits per heavy atom. The Balaban J connectivity index is 1.76. The number of aromatic nitrogens is 1. The topological polar surface area (TPSA) is 79.3 Å². The number of benzene rings is 3. The van der Waals surface area contributed by atoms with Gasteiger partial charge in [-0.25, -0.2) is 9.78 Å². The predicted octanol–water partition coefficient (Wildman–Crippen LogP) is 5.12. The third kappa shape index (κ3) is 3.82. The van der Waals surface area contributed by atoms with Gasteiger partial charge in [-0.1, -0.05) is 65.7 Å². The lowest BCUT2D eigenvalue weighted by Crippen LogP contribution is -2.42. The molecule has 0 unspecified atom stereocenters. The molecule has 1 heterocycles. The van der Waals surface area contributed by atoms with E-state index in [-0.39, 0.29) is 6.42 Å². The van der Waals surface area contributed by atoms with Crippen molar-refractivity contribution in [3.63, 3.8) is 0 Å². The second-order valence-corrected chi connectivity index (χ2v) is 7.60. The Morgan fingerprint density at radius 2 is 1.40 bits per heavy atom. The summed E-state index contributed by atoms with van der Waals surface area (Å²) in [6, 6.07) is 18.3. The first-order valence-electron chi connectivity index (χ1n) is 9.19. The number of aliphatic carboxylic acids is 1. The van der Waals surface area contributed by atoms with Gasteiger partial charge in [0.05, 0.1) is 16.6 Å². The fourth-order valence-corrected chi connectivity index (χ4v) is 4.00. The van der Waals surface area contributed by atoms with Gasteiger partial charge in [0.2, 0.25) is 0 Å². The summed E-state index contributed by atoms with van der Waals surface area (Å²) >= 11 is 12.4. The number of para-hydroxylation sites is 2. The molecule has 2 N–H and O–H groups in total. The average Bonchev–Trinajstić information content (AvgIpc) is 2.73. The van der Waals surface area contributed by atoms with E-state index in [0.29, 0.717) is 43.0 Å². The maximum absolute atomic E-state index is 13.3. The summed E-state index contributed by atoms with van der Waals surface area (Å²) in [5.41, 5.74) is 2.16. The van der Waals surface area contributed by atoms with Gasteiger partial charge < -0.3 is 10.4 Å². The first-order chi connectivity index (χ1) is 14.5. The zero-order valence-electron chi connectivity index (χ0n) is 15.6. The van der Waals surface area contributed by atoms with E-state index in [2.05, 4.69) is 10.3 Å². The van der Waals surface area contributed by atoms with Crippen LogP contribution in [0.25, 0.3) is 21.8 Å². The first-order valence-corrected chi connectivity index (χ1v) is 9.95. The minimum Gasteiger partial charge on any atom is -0.480 e. The summed E-state index contributed by atoms with van der Waals surface area (Å²) in [5, 5.41) is 14.4. The zero-order valence-corrected chi connectivity index (χ0v) is 17.1. The zero-order chi connectivity index (χ0) is 21.3. The summed E-state index contributed by atoms with van der Waals surface area (Å²) in [4.78, 5) is 29.8. The van der Waals surface area contributed by atoms with E-state index in [4.69, 9.17) is 23.2 Å². The standard InChI is InChI=1S/C23H16Cl2N2O3/c24-16-8-5-9-17(25)15(16)12-20(23(29)30)27-22(28)21-13-6-1-3-10-18(13)26-19-11-4-2-7-14(19)21/h1-11,20H,12H2,(H,27,28)(H,29,30)/t20-/m1/s1. The number of amides is 1. The van der Waals surface area contributed by atoms with Crippen molar-refractivity contribution in [2.75, 3.05) is 0 Å². The molecule has 0 saturated carbocycles. The van der Waals surface area contributed by atoms with Crippen LogP contribution in [0.1, 0.15) is 15.9 Å². The van der Waals surface area contributed by atoms with Crippen molar-refractivity contribution < 1.29 is 14.7 Å². The number of carboxylic acids is 1. The molecular weight excluding hydrogens is 423 g/mol. The third-order valence-corrected chi connectivity index (χ3v) is 5.60. The van der Waals surface area contributed by atoms with Gasteiger partial charge in [0, 0.05) is 27.2 Å². The summed E-state index contributed by atoms with van der Waals surface area (Å²) in [5.74, 6) is -1.68. The van der Waals surface area contributed by atoms with Crippen molar-refractivity contribution in [3.8, 4) is 0 Å². The van der Waals surface area contributed by atoms with E-state index in [1.807, 2.05) is 36.4 Å². The highest BCUT2D eigenvalue weighted by Crippen LogP contribution is 2.28. The molecule has 0 radical (unpaired) electrons. The van der Waals surface area contributed by atoms with Gasteiger partial charge in [0.15, 0.2) is 0 Å². The van der Waals surface area contributed by atoms with Gasteiger partial charge >= 0.3 is 5.97 Å². The van der Waals surface area contributed by atoms with E-state index >= 15 is 0 Å². The summed E-state index contributed by atoms with van der Waals surface area (Å²) in [6.07, 6.45) is -0.0411. The number of carbonyl (C=O) groups excluding carboxylic acids is 1. The molecule has 0 bridgehead atoms. The second kappa shape index (κ2) is 8.30. The molecule has 1 amide bonds. The lowest BCUT2D eigenvalue weighted by Gasteiger charge is -2.18. The van der Waals surface area contributed by atoms with Crippen LogP contribution >= 0.6 is 23.2 Å². The summed E-state index contributed by atoms with van der Waals surface area (Å²) < 4.78 is 0. The van der Waals surface area contributed by atoms with E-state index in [1.165, 1.54) is 0 Å². The van der Waals surface area contributed by atoms with Gasteiger partial charge in [-0.3, -0.25) is 4.79 Å². The fourth-order valence-electron chi connectivity index (χ4n) is 3.45. The van der Waals surface area contributed by atoms with Crippen molar-refractivity contribution in [3.05, 3.63) is 87.9 Å². The smallest absolute Gasteiger partial charge is 0.326 e. The van der Waals surface area contributed by atoms with E-state index < -0.39 is 17.9 Å². The Morgan fingerprint density at radius 1 is 0.867 bits per heavy atom. The van der Waals surface area contributed by atoms with Crippen molar-refractivity contribution in [1.82, 2.24) is 10.3 Å². The third-order valence-electron chi connectivity index (χ3n) is 4.89. The fraction of sp³-hybridized carbons (Fsp3) is 0.0870. The second-order valence-electron chi connectivity index (χ2n) is 6.79. The number of fused-ring (bicyclic) bond motifs is 2. The molecular formula is C23H16Cl2N2O3. The minimum atomic E-state index is -1.21. The van der Waals surface area contributed by atoms with E-state index in [1.54, 1.807) is 30.3 Å². The number of hydrogen-bond donors (Lipinski definition) is 2. The van der Waals surface area contributed by atoms with E-state index in [9.17, 15) is 14.7 Å². The van der Waals surface area contributed by atoms with Crippen LogP contribution in [0.5, 0.6) is 0 Å². The summed E-state index contributed by atoms with van der Waals surface area (Å²) in [7, 11) is 0. The minimum absolute atomic E-state index is 0.0411. The first kappa shape index (κ1) is 20.1. The van der Waals surface area contributed by atoms with Gasteiger partial charge in [-0.05, 0) is 29.8 Å². The molecule has 0 saturated heterocycles. The van der Waals surface area contributed by atoms with Crippen LogP contribution < -0.4 is 5.32 Å². The number of pyridine rings is 1. The van der Waals surface area contributed by atoms with Crippen LogP contribution in [-0.2, 0) is 11.2 Å². The Bertz CT molecular complexity index is 1220. The van der Waals surface area contributed by atoms with Crippen LogP contribution in [0.3, 0.4) is 0 Å². The molecule has 0 aliphatic rings. The molecule has 4 rings (SSSR count). The molecule has 150 valence electrons. The maximum atomic E-state index is 13.3. The van der Waals surface area contributed by atoms with Crippen molar-refractivity contribution in [1.29, 1.82) is 0 Å². The van der Waals surface area contributed by atoms with Crippen LogP contribution in [0, 0.1) is 0 Å². The average molecular weight is 439 g/mol. The number of halogens is 2. The maximum Gasteiger partial charge on any atom is 0.326 e. The molecule has 30 heavy (non-hydrogen) atoms. The molecule has 1 atom stereocenters. The van der Waals surface area contributed by atoms with Gasteiger partial charge in [0.1, 0.15) is 6.04 Å². The molecule has 0 aliphatic heterocycles. The lowest BCUT2D eigenvalue weighted by molar-refractivity contribution is -0.139. The SMILES string of the molecule is O=C(N[C@H](Cc1c(Cl)cccc1Cl)C(=O)O)c1c2ccccc2nc2ccccc12. The summed E-state index contributed by atoms with van der Waals surface area (Å²) in [6.45, 7) is 0. The van der Waals surface area contributed by atoms with Crippen LogP contribution in [0.15, 0.2) is 66.7 Å². The van der Waals surface area contributed by atoms with E-state index in [0.717, 1.165) is 0 Å². The molecule has 3 aromatic carbocycles. The van der Waals surface area contributed by atoms with Crippen molar-refractivity contribution >= 4 is 56.9 Å². The lowest BCUT2D eigenvalue weighted by atomic mass is 10.0. The van der Waals surface area contributed by atoms with Crippen LogP contribution in [0.4, 0.5) is 0 Å². The quantitative estimate of drug-likeness (QED) is 0.423. The Labute approximate surface area is 182 Å². The van der Waals surface area contributed by atoms with Gasteiger partial charge in [-0.2, -0.15) is 0 Å². The predicted molar refractivity (Wildman–Crippen MR) is 118 cm³/mol. The monoisotopic (exact) mass is 438 g/mol. The Kier molecular flexibility index (Phi) is 5.57. The van der Waals surface area contributed by atoms with Crippen LogP contribution in [0.2, 0.25) is 10.0 Å². The molecule has 0 aliphatic carbocycles. The number of nitrogens with zero attached hydrogens (tertiary/aromatic N) is 1. The van der Waals surface area contributed by atoms with Gasteiger partial charge in [0.25, 0.3) is 5.91 Å². The van der Waals surface area contributed by atoms with Crippen LogP contribution in [-0.4, -0.2) is 28.0 Å². The molecule has 1 aromatic heterocycles. The van der Waals surface area contributed by atoms with Crippen molar-refractivity contribution in [2.24, 2.45) is 0 Å². The molecule has 4 aromatic rings. The molecule has 7 heteroatoms. The number of carbonyl (C=O) groups is 2. The number of nitrogens with one attached hydrogen (secondary N) is 1. The largest absolute Gasteiger partial charge is 0.480 e. The van der Waals surface area contributed by atoms with Crippen molar-refractivity contribution in [2.45, 2.75) is 12.5 Å². The highest BCUT2D eigenvalue weighted by Gasteiger charge is 2.25. The molecule has 0 spiro atoms. The number of carboxylic acid groups (broad SMARTS) is 1. The molecule has 0 fully saturated rings. The normalized spacial score (nSPS) is 12.1. The highest BCUT2D eigenvalue weighted by atomic mass is 35.5. The highest BCUT2D eigenvalue weighted by molar-refractivity contribution is 6.36.